The Morgan fingerprint density at radius 1 is 1.00 bits per heavy atom. The summed E-state index contributed by atoms with van der Waals surface area (Å²) in [5, 5.41) is 4.30. The van der Waals surface area contributed by atoms with Gasteiger partial charge in [0.15, 0.2) is 6.61 Å². The van der Waals surface area contributed by atoms with Crippen LogP contribution in [0.4, 0.5) is 5.69 Å². The average molecular weight is 531 g/mol. The normalized spacial score (nSPS) is 11.2. The summed E-state index contributed by atoms with van der Waals surface area (Å²) in [5.74, 6) is -0.325. The van der Waals surface area contributed by atoms with Gasteiger partial charge in [0, 0.05) is 5.02 Å². The first-order valence-corrected chi connectivity index (χ1v) is 12.3. The Morgan fingerprint density at radius 3 is 2.19 bits per heavy atom. The van der Waals surface area contributed by atoms with Gasteiger partial charge in [-0.15, -0.1) is 0 Å². The van der Waals surface area contributed by atoms with Crippen LogP contribution in [0.25, 0.3) is 0 Å². The van der Waals surface area contributed by atoms with Crippen LogP contribution in [0.15, 0.2) is 82.8 Å². The number of anilines is 1. The minimum absolute atomic E-state index is 0.0202. The van der Waals surface area contributed by atoms with Crippen molar-refractivity contribution in [1.82, 2.24) is 5.43 Å². The van der Waals surface area contributed by atoms with E-state index in [2.05, 4.69) is 10.5 Å². The number of sulfonamides is 1. The summed E-state index contributed by atoms with van der Waals surface area (Å²) in [6, 6.07) is 18.4. The van der Waals surface area contributed by atoms with Crippen molar-refractivity contribution in [3.8, 4) is 11.5 Å². The summed E-state index contributed by atoms with van der Waals surface area (Å²) < 4.78 is 38.0. The SMILES string of the molecule is COc1ccc(S(=O)(=O)N(CC(=O)N/N=C\c2ccc(OCC(N)=O)cc2)c2ccc(Cl)cc2)cc1. The fourth-order valence-corrected chi connectivity index (χ4v) is 4.49. The monoisotopic (exact) mass is 530 g/mol. The van der Waals surface area contributed by atoms with Crippen LogP contribution in [-0.2, 0) is 19.6 Å². The maximum absolute atomic E-state index is 13.4. The lowest BCUT2D eigenvalue weighted by Gasteiger charge is -2.23. The second-order valence-electron chi connectivity index (χ2n) is 7.28. The van der Waals surface area contributed by atoms with E-state index < -0.39 is 28.4 Å². The van der Waals surface area contributed by atoms with Gasteiger partial charge in [-0.2, -0.15) is 5.10 Å². The minimum Gasteiger partial charge on any atom is -0.497 e. The van der Waals surface area contributed by atoms with Crippen molar-refractivity contribution >= 4 is 45.3 Å². The van der Waals surface area contributed by atoms with Crippen molar-refractivity contribution in [2.24, 2.45) is 10.8 Å². The van der Waals surface area contributed by atoms with Crippen LogP contribution < -0.4 is 24.9 Å². The molecule has 0 fully saturated rings. The lowest BCUT2D eigenvalue weighted by Crippen LogP contribution is -2.39. The van der Waals surface area contributed by atoms with Crippen molar-refractivity contribution in [2.45, 2.75) is 4.90 Å². The number of ether oxygens (including phenoxy) is 2. The first kappa shape index (κ1) is 26.5. The van der Waals surface area contributed by atoms with Crippen LogP contribution in [0.3, 0.4) is 0 Å². The van der Waals surface area contributed by atoms with Crippen LogP contribution >= 0.6 is 11.6 Å². The first-order valence-electron chi connectivity index (χ1n) is 10.4. The number of hydrogen-bond donors (Lipinski definition) is 2. The summed E-state index contributed by atoms with van der Waals surface area (Å²) in [5.41, 5.74) is 8.24. The van der Waals surface area contributed by atoms with Crippen LogP contribution in [-0.4, -0.2) is 46.7 Å². The molecular weight excluding hydrogens is 508 g/mol. The Labute approximate surface area is 213 Å². The second kappa shape index (κ2) is 12.0. The molecule has 0 saturated heterocycles. The number of benzene rings is 3. The maximum Gasteiger partial charge on any atom is 0.264 e. The molecule has 10 nitrogen and oxygen atoms in total. The molecule has 3 aromatic rings. The Hall–Kier alpha value is -4.09. The van der Waals surface area contributed by atoms with Crippen LogP contribution in [0, 0.1) is 0 Å². The van der Waals surface area contributed by atoms with Crippen molar-refractivity contribution in [1.29, 1.82) is 0 Å². The van der Waals surface area contributed by atoms with Gasteiger partial charge in [0.25, 0.3) is 21.8 Å². The van der Waals surface area contributed by atoms with Crippen molar-refractivity contribution in [2.75, 3.05) is 24.6 Å². The highest BCUT2D eigenvalue weighted by atomic mass is 35.5. The van der Waals surface area contributed by atoms with Gasteiger partial charge in [-0.05, 0) is 78.4 Å². The fourth-order valence-electron chi connectivity index (χ4n) is 2.95. The van der Waals surface area contributed by atoms with E-state index in [9.17, 15) is 18.0 Å². The van der Waals surface area contributed by atoms with E-state index >= 15 is 0 Å². The highest BCUT2D eigenvalue weighted by molar-refractivity contribution is 7.92. The van der Waals surface area contributed by atoms with Crippen molar-refractivity contribution < 1.29 is 27.5 Å². The molecule has 2 amide bonds. The van der Waals surface area contributed by atoms with Crippen LogP contribution in [0.2, 0.25) is 5.02 Å². The molecule has 0 spiro atoms. The van der Waals surface area contributed by atoms with Gasteiger partial charge < -0.3 is 15.2 Å². The van der Waals surface area contributed by atoms with Gasteiger partial charge >= 0.3 is 0 Å². The summed E-state index contributed by atoms with van der Waals surface area (Å²) >= 11 is 5.95. The Bertz CT molecular complexity index is 1330. The van der Waals surface area contributed by atoms with E-state index in [1.165, 1.54) is 61.9 Å². The largest absolute Gasteiger partial charge is 0.497 e. The van der Waals surface area contributed by atoms with Crippen molar-refractivity contribution in [3.05, 3.63) is 83.4 Å². The van der Waals surface area contributed by atoms with E-state index in [4.69, 9.17) is 26.8 Å². The number of rotatable bonds is 11. The van der Waals surface area contributed by atoms with Gasteiger partial charge in [0.05, 0.1) is 23.9 Å². The van der Waals surface area contributed by atoms with Gasteiger partial charge in [0.2, 0.25) is 0 Å². The van der Waals surface area contributed by atoms with E-state index in [0.717, 1.165) is 4.31 Å². The molecule has 3 rings (SSSR count). The molecule has 0 atom stereocenters. The molecule has 0 radical (unpaired) electrons. The van der Waals surface area contributed by atoms with Crippen molar-refractivity contribution in [3.63, 3.8) is 0 Å². The minimum atomic E-state index is -4.11. The zero-order valence-electron chi connectivity index (χ0n) is 19.1. The Kier molecular flexibility index (Phi) is 8.87. The third kappa shape index (κ3) is 7.20. The number of carbonyl (C=O) groups is 2. The van der Waals surface area contributed by atoms with Gasteiger partial charge in [-0.1, -0.05) is 11.6 Å². The number of nitrogens with two attached hydrogens (primary N) is 1. The number of amides is 2. The van der Waals surface area contributed by atoms with Crippen LogP contribution in [0.5, 0.6) is 11.5 Å². The number of carbonyl (C=O) groups excluding carboxylic acids is 2. The molecule has 0 aliphatic carbocycles. The summed E-state index contributed by atoms with van der Waals surface area (Å²) in [6.07, 6.45) is 1.38. The molecule has 3 aromatic carbocycles. The molecule has 0 bridgehead atoms. The molecule has 0 unspecified atom stereocenters. The Balaban J connectivity index is 1.73. The summed E-state index contributed by atoms with van der Waals surface area (Å²) in [6.45, 7) is -0.778. The number of nitrogens with one attached hydrogen (secondary N) is 1. The van der Waals surface area contributed by atoms with E-state index in [0.29, 0.717) is 22.1 Å². The van der Waals surface area contributed by atoms with Gasteiger partial charge in [-0.3, -0.25) is 13.9 Å². The number of nitrogens with zero attached hydrogens (tertiary/aromatic N) is 2. The zero-order valence-corrected chi connectivity index (χ0v) is 20.7. The molecule has 0 heterocycles. The Morgan fingerprint density at radius 2 is 1.61 bits per heavy atom. The molecule has 0 saturated carbocycles. The van der Waals surface area contributed by atoms with E-state index in [1.807, 2.05) is 0 Å². The number of halogens is 1. The highest BCUT2D eigenvalue weighted by Gasteiger charge is 2.27. The molecule has 188 valence electrons. The number of methoxy groups -OCH3 is 1. The third-order valence-electron chi connectivity index (χ3n) is 4.71. The lowest BCUT2D eigenvalue weighted by atomic mass is 10.2. The summed E-state index contributed by atoms with van der Waals surface area (Å²) in [7, 11) is -2.63. The highest BCUT2D eigenvalue weighted by Crippen LogP contribution is 2.26. The maximum atomic E-state index is 13.4. The van der Waals surface area contributed by atoms with E-state index in [-0.39, 0.29) is 17.2 Å². The van der Waals surface area contributed by atoms with Gasteiger partial charge in [-0.25, -0.2) is 13.8 Å². The molecule has 0 aromatic heterocycles. The lowest BCUT2D eigenvalue weighted by molar-refractivity contribution is -0.120. The summed E-state index contributed by atoms with van der Waals surface area (Å²) in [4.78, 5) is 23.4. The molecule has 12 heteroatoms. The second-order valence-corrected chi connectivity index (χ2v) is 9.58. The molecule has 3 N–H and O–H groups in total. The smallest absolute Gasteiger partial charge is 0.264 e. The van der Waals surface area contributed by atoms with Crippen LogP contribution in [0.1, 0.15) is 5.56 Å². The standard InChI is InChI=1S/C24H23ClN4O6S/c1-34-20-10-12-22(13-11-20)36(32,33)29(19-6-4-18(25)5-7-19)15-24(31)28-27-14-17-2-8-21(9-3-17)35-16-23(26)30/h2-14H,15-16H2,1H3,(H2,26,30)(H,28,31)/b27-14-. The third-order valence-corrected chi connectivity index (χ3v) is 6.75. The zero-order chi connectivity index (χ0) is 26.1. The number of hydrogen-bond acceptors (Lipinski definition) is 7. The fraction of sp³-hybridized carbons (Fsp3) is 0.125. The molecule has 36 heavy (non-hydrogen) atoms. The van der Waals surface area contributed by atoms with Gasteiger partial charge in [0.1, 0.15) is 18.0 Å². The quantitative estimate of drug-likeness (QED) is 0.288. The average Bonchev–Trinajstić information content (AvgIpc) is 2.87. The number of primary amides is 1. The first-order chi connectivity index (χ1) is 17.2. The topological polar surface area (TPSA) is 140 Å². The number of hydrazone groups is 1. The predicted molar refractivity (Wildman–Crippen MR) is 136 cm³/mol. The molecule has 0 aliphatic heterocycles. The molecule has 0 aliphatic rings. The predicted octanol–water partition coefficient (Wildman–Crippen LogP) is 2.56. The molecular formula is C24H23ClN4O6S. The van der Waals surface area contributed by atoms with E-state index in [1.54, 1.807) is 24.3 Å².